The van der Waals surface area contributed by atoms with Crippen molar-refractivity contribution in [2.24, 2.45) is 0 Å². The minimum absolute atomic E-state index is 1.12. The molecule has 12 aromatic rings. The fourth-order valence-electron chi connectivity index (χ4n) is 9.31. The van der Waals surface area contributed by atoms with Crippen molar-refractivity contribution < 1.29 is 0 Å². The molecule has 0 amide bonds. The summed E-state index contributed by atoms with van der Waals surface area (Å²) >= 11 is 1.88. The van der Waals surface area contributed by atoms with Crippen molar-refractivity contribution in [3.8, 4) is 33.4 Å². The Labute approximate surface area is 352 Å². The molecule has 2 heteroatoms. The van der Waals surface area contributed by atoms with Crippen molar-refractivity contribution in [2.45, 2.75) is 0 Å². The highest BCUT2D eigenvalue weighted by atomic mass is 32.1. The zero-order valence-electron chi connectivity index (χ0n) is 32.7. The van der Waals surface area contributed by atoms with E-state index in [2.05, 4.69) is 229 Å². The molecule has 0 saturated heterocycles. The summed E-state index contributed by atoms with van der Waals surface area (Å²) in [4.78, 5) is 2.38. The summed E-state index contributed by atoms with van der Waals surface area (Å²) in [6, 6.07) is 82.4. The third kappa shape index (κ3) is 5.76. The lowest BCUT2D eigenvalue weighted by Crippen LogP contribution is -2.09. The number of hydrogen-bond acceptors (Lipinski definition) is 2. The van der Waals surface area contributed by atoms with Crippen molar-refractivity contribution in [1.82, 2.24) is 0 Å². The van der Waals surface area contributed by atoms with Crippen LogP contribution in [-0.4, -0.2) is 0 Å². The van der Waals surface area contributed by atoms with Crippen LogP contribution in [0.5, 0.6) is 0 Å². The molecule has 0 fully saturated rings. The first kappa shape index (κ1) is 34.5. The Hall–Kier alpha value is -7.52. The monoisotopic (exact) mass is 779 g/mol. The van der Waals surface area contributed by atoms with E-state index in [-0.39, 0.29) is 0 Å². The van der Waals surface area contributed by atoms with Gasteiger partial charge in [-0.15, -0.1) is 11.3 Å². The van der Waals surface area contributed by atoms with Crippen LogP contribution in [0.15, 0.2) is 224 Å². The molecule has 0 atom stereocenters. The Morgan fingerprint density at radius 2 is 0.717 bits per heavy atom. The minimum Gasteiger partial charge on any atom is -0.310 e. The van der Waals surface area contributed by atoms with E-state index in [0.29, 0.717) is 0 Å². The number of rotatable bonds is 6. The molecule has 0 bridgehead atoms. The van der Waals surface area contributed by atoms with E-state index < -0.39 is 0 Å². The molecule has 1 aromatic heterocycles. The van der Waals surface area contributed by atoms with Crippen LogP contribution in [0.25, 0.3) is 96.6 Å². The molecule has 0 unspecified atom stereocenters. The van der Waals surface area contributed by atoms with Crippen molar-refractivity contribution >= 4 is 91.7 Å². The summed E-state index contributed by atoms with van der Waals surface area (Å²) in [6.07, 6.45) is 0. The van der Waals surface area contributed by atoms with Gasteiger partial charge in [0.05, 0.1) is 0 Å². The van der Waals surface area contributed by atoms with E-state index in [9.17, 15) is 0 Å². The average molecular weight is 780 g/mol. The highest BCUT2D eigenvalue weighted by molar-refractivity contribution is 7.25. The number of nitrogens with zero attached hydrogens (tertiary/aromatic N) is 1. The highest BCUT2D eigenvalue weighted by Gasteiger charge is 2.18. The molecule has 0 N–H and O–H groups in total. The maximum absolute atomic E-state index is 2.42. The SMILES string of the molecule is c1ccc(-c2ccc(N(c3ccc(-c4ccccc4)cc3)c3ccc4c(c3)sc3cc(-c5cc6ccc7ccccc7c6c6c5ccc5ccccc56)ccc34)cc2)cc1. The molecular weight excluding hydrogens is 743 g/mol. The van der Waals surface area contributed by atoms with Gasteiger partial charge < -0.3 is 4.90 Å². The van der Waals surface area contributed by atoms with Gasteiger partial charge in [-0.05, 0) is 125 Å². The van der Waals surface area contributed by atoms with Gasteiger partial charge in [0.25, 0.3) is 0 Å². The maximum atomic E-state index is 2.42. The van der Waals surface area contributed by atoms with Crippen molar-refractivity contribution in [1.29, 1.82) is 0 Å². The summed E-state index contributed by atoms with van der Waals surface area (Å²) in [5.41, 5.74) is 10.7. The van der Waals surface area contributed by atoms with E-state index in [1.165, 1.54) is 96.6 Å². The van der Waals surface area contributed by atoms with Crippen LogP contribution in [0.1, 0.15) is 0 Å². The minimum atomic E-state index is 1.12. The van der Waals surface area contributed by atoms with Crippen LogP contribution in [0.3, 0.4) is 0 Å². The normalized spacial score (nSPS) is 11.7. The molecule has 0 spiro atoms. The van der Waals surface area contributed by atoms with Gasteiger partial charge in [0.15, 0.2) is 0 Å². The molecule has 12 rings (SSSR count). The van der Waals surface area contributed by atoms with E-state index >= 15 is 0 Å². The number of benzene rings is 11. The second kappa shape index (κ2) is 14.1. The number of fused-ring (bicyclic) bond motifs is 10. The third-order valence-electron chi connectivity index (χ3n) is 12.2. The summed E-state index contributed by atoms with van der Waals surface area (Å²) < 4.78 is 2.56. The fourth-order valence-corrected chi connectivity index (χ4v) is 10.5. The maximum Gasteiger partial charge on any atom is 0.0476 e. The van der Waals surface area contributed by atoms with Gasteiger partial charge in [0.2, 0.25) is 0 Å². The Balaban J connectivity index is 0.995. The molecule has 0 radical (unpaired) electrons. The van der Waals surface area contributed by atoms with Gasteiger partial charge >= 0.3 is 0 Å². The lowest BCUT2D eigenvalue weighted by Gasteiger charge is -2.26. The summed E-state index contributed by atoms with van der Waals surface area (Å²) in [5, 5.41) is 12.9. The van der Waals surface area contributed by atoms with Gasteiger partial charge in [-0.2, -0.15) is 0 Å². The first-order valence-corrected chi connectivity index (χ1v) is 21.4. The molecule has 0 saturated carbocycles. The van der Waals surface area contributed by atoms with Gasteiger partial charge in [0, 0.05) is 37.2 Å². The van der Waals surface area contributed by atoms with Crippen molar-refractivity contribution in [2.75, 3.05) is 4.90 Å². The predicted octanol–water partition coefficient (Wildman–Crippen LogP) is 17.1. The molecular formula is C58H37NS. The molecule has 0 aliphatic heterocycles. The molecule has 1 heterocycles. The second-order valence-corrected chi connectivity index (χ2v) is 16.8. The topological polar surface area (TPSA) is 3.24 Å². The average Bonchev–Trinajstić information content (AvgIpc) is 3.69. The lowest BCUT2D eigenvalue weighted by molar-refractivity contribution is 1.29. The Bertz CT molecular complexity index is 3490. The van der Waals surface area contributed by atoms with Crippen molar-refractivity contribution in [3.63, 3.8) is 0 Å². The third-order valence-corrected chi connectivity index (χ3v) is 13.3. The van der Waals surface area contributed by atoms with Crippen LogP contribution in [0.2, 0.25) is 0 Å². The van der Waals surface area contributed by atoms with E-state index in [4.69, 9.17) is 0 Å². The summed E-state index contributed by atoms with van der Waals surface area (Å²) in [5.74, 6) is 0. The quantitative estimate of drug-likeness (QED) is 0.152. The number of anilines is 3. The van der Waals surface area contributed by atoms with Gasteiger partial charge in [-0.1, -0.05) is 176 Å². The highest BCUT2D eigenvalue weighted by Crippen LogP contribution is 2.45. The predicted molar refractivity (Wildman–Crippen MR) is 260 cm³/mol. The molecule has 1 nitrogen and oxygen atoms in total. The van der Waals surface area contributed by atoms with Crippen LogP contribution in [0, 0.1) is 0 Å². The zero-order chi connectivity index (χ0) is 39.6. The number of thiophene rings is 1. The first-order valence-electron chi connectivity index (χ1n) is 20.6. The summed E-state index contributed by atoms with van der Waals surface area (Å²) in [7, 11) is 0. The lowest BCUT2D eigenvalue weighted by atomic mass is 9.88. The van der Waals surface area contributed by atoms with Gasteiger partial charge in [-0.3, -0.25) is 0 Å². The van der Waals surface area contributed by atoms with Gasteiger partial charge in [-0.25, -0.2) is 0 Å². The first-order chi connectivity index (χ1) is 29.7. The zero-order valence-corrected chi connectivity index (χ0v) is 33.5. The molecule has 0 aliphatic carbocycles. The molecule has 0 aliphatic rings. The van der Waals surface area contributed by atoms with E-state index in [0.717, 1.165) is 17.1 Å². The number of hydrogen-bond donors (Lipinski definition) is 0. The van der Waals surface area contributed by atoms with E-state index in [1.807, 2.05) is 11.3 Å². The largest absolute Gasteiger partial charge is 0.310 e. The Morgan fingerprint density at radius 3 is 1.35 bits per heavy atom. The van der Waals surface area contributed by atoms with Crippen LogP contribution >= 0.6 is 11.3 Å². The Morgan fingerprint density at radius 1 is 0.267 bits per heavy atom. The standard InChI is InChI=1S/C58H37NS/c1-3-11-38(12-4-1)40-21-27-46(28-22-40)59(47-29-23-41(24-30-47)39-13-5-2-6-14-39)48-31-34-52-51-32-26-44(36-55(51)60-56(52)37-48)54-35-45-20-19-42-15-7-9-17-49(42)57(45)58-50-18-10-8-16-43(50)25-33-53(54)58/h1-37H. The molecule has 60 heavy (non-hydrogen) atoms. The van der Waals surface area contributed by atoms with Crippen LogP contribution in [-0.2, 0) is 0 Å². The second-order valence-electron chi connectivity index (χ2n) is 15.7. The van der Waals surface area contributed by atoms with Crippen LogP contribution in [0.4, 0.5) is 17.1 Å². The molecule has 280 valence electrons. The van der Waals surface area contributed by atoms with Crippen LogP contribution < -0.4 is 4.90 Å². The molecule has 11 aromatic carbocycles. The van der Waals surface area contributed by atoms with Gasteiger partial charge in [0.1, 0.15) is 0 Å². The summed E-state index contributed by atoms with van der Waals surface area (Å²) in [6.45, 7) is 0. The Kier molecular flexibility index (Phi) is 8.11. The fraction of sp³-hybridized carbons (Fsp3) is 0. The van der Waals surface area contributed by atoms with E-state index in [1.54, 1.807) is 0 Å². The smallest absolute Gasteiger partial charge is 0.0476 e. The van der Waals surface area contributed by atoms with Crippen molar-refractivity contribution in [3.05, 3.63) is 224 Å².